The summed E-state index contributed by atoms with van der Waals surface area (Å²) in [5.41, 5.74) is -0.475. The molecule has 2 bridgehead atoms. The van der Waals surface area contributed by atoms with E-state index in [4.69, 9.17) is 0 Å². The lowest BCUT2D eigenvalue weighted by molar-refractivity contribution is -0.140. The Morgan fingerprint density at radius 1 is 0.900 bits per heavy atom. The first-order valence-corrected chi connectivity index (χ1v) is 10.9. The fraction of sp³-hybridized carbons (Fsp3) is 0.583. The minimum Gasteiger partial charge on any atom is -0.511 e. The van der Waals surface area contributed by atoms with E-state index in [1.54, 1.807) is 0 Å². The lowest BCUT2D eigenvalue weighted by atomic mass is 9.50. The number of amides is 2. The quantitative estimate of drug-likeness (QED) is 0.253. The zero-order valence-electron chi connectivity index (χ0n) is 17.3. The average Bonchev–Trinajstić information content (AvgIpc) is 2.86. The topological polar surface area (TPSA) is 91.8 Å². The van der Waals surface area contributed by atoms with Gasteiger partial charge in [-0.1, -0.05) is 38.2 Å². The van der Waals surface area contributed by atoms with Crippen molar-refractivity contribution in [2.45, 2.75) is 39.5 Å². The molecule has 6 rings (SSSR count). The SMILES string of the molecule is CC1(C)CC(=O)C(=C(O)CCCN2C(=O)C3C4C=CC(C5C=CC54)C3C2=O)C(=O)C1. The number of nitrogens with zero attached hydrogens (tertiary/aromatic N) is 1. The molecular formula is C24H27NO5. The first-order chi connectivity index (χ1) is 14.2. The number of hydrogen-bond donors (Lipinski definition) is 1. The van der Waals surface area contributed by atoms with Crippen LogP contribution in [-0.4, -0.2) is 39.9 Å². The third-order valence-electron chi connectivity index (χ3n) is 7.68. The molecule has 1 aliphatic heterocycles. The molecule has 3 fully saturated rings. The van der Waals surface area contributed by atoms with Crippen LogP contribution in [-0.2, 0) is 19.2 Å². The summed E-state index contributed by atoms with van der Waals surface area (Å²) in [6, 6.07) is 0. The number of imide groups is 1. The number of aliphatic hydroxyl groups is 1. The van der Waals surface area contributed by atoms with Crippen molar-refractivity contribution in [1.82, 2.24) is 4.90 Å². The number of aliphatic hydroxyl groups excluding tert-OH is 1. The number of Topliss-reactive ketones (excluding diaryl/α,β-unsaturated/α-hetero) is 2. The van der Waals surface area contributed by atoms with E-state index in [0.29, 0.717) is 18.3 Å². The van der Waals surface area contributed by atoms with Gasteiger partial charge in [-0.05, 0) is 35.5 Å². The first-order valence-electron chi connectivity index (χ1n) is 10.9. The highest BCUT2D eigenvalue weighted by Crippen LogP contribution is 2.58. The average molecular weight is 409 g/mol. The van der Waals surface area contributed by atoms with Crippen molar-refractivity contribution in [2.24, 2.45) is 40.9 Å². The van der Waals surface area contributed by atoms with E-state index >= 15 is 0 Å². The van der Waals surface area contributed by atoms with Crippen LogP contribution in [0.3, 0.4) is 0 Å². The van der Waals surface area contributed by atoms with E-state index < -0.39 is 0 Å². The Morgan fingerprint density at radius 3 is 1.83 bits per heavy atom. The largest absolute Gasteiger partial charge is 0.511 e. The smallest absolute Gasteiger partial charge is 0.233 e. The van der Waals surface area contributed by atoms with Crippen LogP contribution in [0.1, 0.15) is 39.5 Å². The summed E-state index contributed by atoms with van der Waals surface area (Å²) in [5.74, 6) is -0.648. The molecule has 2 saturated carbocycles. The van der Waals surface area contributed by atoms with Gasteiger partial charge in [-0.2, -0.15) is 0 Å². The molecule has 0 aromatic rings. The van der Waals surface area contributed by atoms with Crippen LogP contribution in [0.2, 0.25) is 0 Å². The highest BCUT2D eigenvalue weighted by atomic mass is 16.3. The number of likely N-dealkylation sites (tertiary alicyclic amines) is 1. The molecule has 6 heteroatoms. The van der Waals surface area contributed by atoms with Crippen LogP contribution in [0, 0.1) is 40.9 Å². The molecule has 0 aromatic heterocycles. The van der Waals surface area contributed by atoms with Crippen molar-refractivity contribution in [2.75, 3.05) is 6.54 Å². The monoisotopic (exact) mass is 409 g/mol. The summed E-state index contributed by atoms with van der Waals surface area (Å²) in [5, 5.41) is 10.4. The molecule has 6 unspecified atom stereocenters. The summed E-state index contributed by atoms with van der Waals surface area (Å²) in [4.78, 5) is 52.1. The van der Waals surface area contributed by atoms with Crippen LogP contribution < -0.4 is 0 Å². The molecule has 1 saturated heterocycles. The molecule has 158 valence electrons. The molecule has 0 radical (unpaired) electrons. The summed E-state index contributed by atoms with van der Waals surface area (Å²) >= 11 is 0. The van der Waals surface area contributed by atoms with E-state index in [9.17, 15) is 24.3 Å². The van der Waals surface area contributed by atoms with E-state index in [2.05, 4.69) is 24.3 Å². The Bertz CT molecular complexity index is 893. The molecule has 0 aromatic carbocycles. The van der Waals surface area contributed by atoms with Gasteiger partial charge in [-0.25, -0.2) is 0 Å². The molecule has 6 aliphatic rings. The first kappa shape index (κ1) is 19.5. The zero-order chi connectivity index (χ0) is 21.4. The van der Waals surface area contributed by atoms with Crippen LogP contribution in [0.25, 0.3) is 0 Å². The summed E-state index contributed by atoms with van der Waals surface area (Å²) in [7, 11) is 0. The summed E-state index contributed by atoms with van der Waals surface area (Å²) in [6.07, 6.45) is 9.46. The van der Waals surface area contributed by atoms with Crippen molar-refractivity contribution >= 4 is 23.4 Å². The van der Waals surface area contributed by atoms with E-state index in [-0.39, 0.29) is 89.6 Å². The van der Waals surface area contributed by atoms with Crippen LogP contribution >= 0.6 is 0 Å². The lowest BCUT2D eigenvalue weighted by Gasteiger charge is -2.51. The number of carbonyl (C=O) groups excluding carboxylic acids is 4. The predicted octanol–water partition coefficient (Wildman–Crippen LogP) is 2.76. The van der Waals surface area contributed by atoms with E-state index in [1.165, 1.54) is 4.90 Å². The van der Waals surface area contributed by atoms with Gasteiger partial charge in [0.1, 0.15) is 5.76 Å². The maximum atomic E-state index is 13.0. The molecule has 6 nitrogen and oxygen atoms in total. The second-order valence-corrected chi connectivity index (χ2v) is 10.2. The minimum absolute atomic E-state index is 0.0908. The summed E-state index contributed by atoms with van der Waals surface area (Å²) < 4.78 is 0. The highest BCUT2D eigenvalue weighted by molar-refractivity contribution is 6.22. The number of ketones is 2. The van der Waals surface area contributed by atoms with Crippen molar-refractivity contribution in [1.29, 1.82) is 0 Å². The molecule has 1 heterocycles. The Morgan fingerprint density at radius 2 is 1.37 bits per heavy atom. The number of hydrogen-bond acceptors (Lipinski definition) is 5. The Labute approximate surface area is 175 Å². The lowest BCUT2D eigenvalue weighted by Crippen LogP contribution is -2.50. The van der Waals surface area contributed by atoms with E-state index in [0.717, 1.165) is 0 Å². The van der Waals surface area contributed by atoms with Gasteiger partial charge in [0.05, 0.1) is 17.4 Å². The molecular weight excluding hydrogens is 382 g/mol. The summed E-state index contributed by atoms with van der Waals surface area (Å²) in [6.45, 7) is 3.94. The fourth-order valence-corrected chi connectivity index (χ4v) is 6.29. The fourth-order valence-electron chi connectivity index (χ4n) is 6.29. The van der Waals surface area contributed by atoms with Crippen molar-refractivity contribution < 1.29 is 24.3 Å². The van der Waals surface area contributed by atoms with Crippen molar-refractivity contribution in [3.8, 4) is 0 Å². The van der Waals surface area contributed by atoms with Crippen LogP contribution in [0.5, 0.6) is 0 Å². The molecule has 0 spiro atoms. The second-order valence-electron chi connectivity index (χ2n) is 10.2. The number of carbonyl (C=O) groups is 4. The molecule has 2 amide bonds. The normalized spacial score (nSPS) is 38.1. The van der Waals surface area contributed by atoms with Gasteiger partial charge >= 0.3 is 0 Å². The van der Waals surface area contributed by atoms with E-state index in [1.807, 2.05) is 13.8 Å². The van der Waals surface area contributed by atoms with Gasteiger partial charge in [-0.3, -0.25) is 24.1 Å². The van der Waals surface area contributed by atoms with Crippen molar-refractivity contribution in [3.63, 3.8) is 0 Å². The van der Waals surface area contributed by atoms with Gasteiger partial charge in [-0.15, -0.1) is 0 Å². The molecule has 5 aliphatic carbocycles. The Hall–Kier alpha value is -2.50. The Kier molecular flexibility index (Phi) is 4.21. The van der Waals surface area contributed by atoms with Gasteiger partial charge in [0.2, 0.25) is 11.8 Å². The van der Waals surface area contributed by atoms with Gasteiger partial charge < -0.3 is 5.11 Å². The van der Waals surface area contributed by atoms with Gasteiger partial charge in [0, 0.05) is 25.8 Å². The highest BCUT2D eigenvalue weighted by Gasteiger charge is 2.62. The second kappa shape index (κ2) is 6.50. The maximum absolute atomic E-state index is 13.0. The molecule has 30 heavy (non-hydrogen) atoms. The van der Waals surface area contributed by atoms with Crippen molar-refractivity contribution in [3.05, 3.63) is 35.6 Å². The van der Waals surface area contributed by atoms with Gasteiger partial charge in [0.15, 0.2) is 11.6 Å². The molecule has 1 N–H and O–H groups in total. The number of rotatable bonds is 4. The number of allylic oxidation sites excluding steroid dienone is 6. The zero-order valence-corrected chi connectivity index (χ0v) is 17.3. The third kappa shape index (κ3) is 2.69. The van der Waals surface area contributed by atoms with Crippen LogP contribution in [0.15, 0.2) is 35.6 Å². The van der Waals surface area contributed by atoms with Gasteiger partial charge in [0.25, 0.3) is 0 Å². The molecule has 6 atom stereocenters. The standard InChI is InChI=1S/C24H27NO5/c1-24(2)10-17(27)21(18(28)11-24)16(26)4-3-9-25-22(29)19-14-7-8-15(20(19)23(25)30)13-6-5-12(13)14/h5-8,12-15,19-20,26H,3-4,9-11H2,1-2H3. The third-order valence-corrected chi connectivity index (χ3v) is 7.68. The Balaban J connectivity index is 1.26. The van der Waals surface area contributed by atoms with Crippen LogP contribution in [0.4, 0.5) is 0 Å². The maximum Gasteiger partial charge on any atom is 0.233 e. The minimum atomic E-state index is -0.385. The predicted molar refractivity (Wildman–Crippen MR) is 108 cm³/mol.